The molecule has 1 aromatic carbocycles. The summed E-state index contributed by atoms with van der Waals surface area (Å²) in [6, 6.07) is 10.6. The number of carbonyl (C=O) groups is 1. The molecule has 1 amide bonds. The highest BCUT2D eigenvalue weighted by atomic mass is 35.5. The van der Waals surface area contributed by atoms with Crippen LogP contribution in [0.3, 0.4) is 0 Å². The number of ether oxygens (including phenoxy) is 1. The number of nitrogens with one attached hydrogen (secondary N) is 1. The summed E-state index contributed by atoms with van der Waals surface area (Å²) in [5.74, 6) is 0.528. The van der Waals surface area contributed by atoms with E-state index in [2.05, 4.69) is 10.3 Å². The van der Waals surface area contributed by atoms with Crippen LogP contribution in [0.2, 0.25) is 10.0 Å². The summed E-state index contributed by atoms with van der Waals surface area (Å²) in [5.41, 5.74) is 0. The van der Waals surface area contributed by atoms with Crippen LogP contribution < -0.4 is 10.1 Å². The zero-order valence-corrected chi connectivity index (χ0v) is 12.2. The SMILES string of the molecule is CC(Oc1ccccc1)C(=O)Nc1ncc(Cl)cc1Cl. The number of amides is 1. The van der Waals surface area contributed by atoms with Crippen LogP contribution in [-0.4, -0.2) is 17.0 Å². The zero-order chi connectivity index (χ0) is 14.5. The van der Waals surface area contributed by atoms with Crippen molar-refractivity contribution in [1.29, 1.82) is 0 Å². The highest BCUT2D eigenvalue weighted by molar-refractivity contribution is 6.36. The van der Waals surface area contributed by atoms with Crippen LogP contribution in [0.25, 0.3) is 0 Å². The Morgan fingerprint density at radius 1 is 1.30 bits per heavy atom. The fraction of sp³-hybridized carbons (Fsp3) is 0.143. The fourth-order valence-corrected chi connectivity index (χ4v) is 1.91. The van der Waals surface area contributed by atoms with Crippen LogP contribution >= 0.6 is 23.2 Å². The summed E-state index contributed by atoms with van der Waals surface area (Å²) in [6.45, 7) is 1.64. The molecule has 0 aliphatic carbocycles. The Bertz CT molecular complexity index is 605. The van der Waals surface area contributed by atoms with Gasteiger partial charge in [-0.25, -0.2) is 4.98 Å². The molecule has 104 valence electrons. The molecule has 6 heteroatoms. The minimum Gasteiger partial charge on any atom is -0.481 e. The highest BCUT2D eigenvalue weighted by Crippen LogP contribution is 2.22. The van der Waals surface area contributed by atoms with Crippen molar-refractivity contribution in [2.24, 2.45) is 0 Å². The van der Waals surface area contributed by atoms with Crippen LogP contribution in [0.15, 0.2) is 42.6 Å². The largest absolute Gasteiger partial charge is 0.481 e. The predicted molar refractivity (Wildman–Crippen MR) is 79.4 cm³/mol. The average Bonchev–Trinajstić information content (AvgIpc) is 2.43. The number of nitrogens with zero attached hydrogens (tertiary/aromatic N) is 1. The van der Waals surface area contributed by atoms with E-state index in [1.54, 1.807) is 19.1 Å². The maximum Gasteiger partial charge on any atom is 0.266 e. The third kappa shape index (κ3) is 3.85. The van der Waals surface area contributed by atoms with Gasteiger partial charge >= 0.3 is 0 Å². The molecule has 0 radical (unpaired) electrons. The van der Waals surface area contributed by atoms with E-state index in [1.807, 2.05) is 18.2 Å². The van der Waals surface area contributed by atoms with Gasteiger partial charge in [-0.1, -0.05) is 41.4 Å². The lowest BCUT2D eigenvalue weighted by molar-refractivity contribution is -0.122. The number of hydrogen-bond acceptors (Lipinski definition) is 3. The molecule has 1 unspecified atom stereocenters. The minimum absolute atomic E-state index is 0.254. The summed E-state index contributed by atoms with van der Waals surface area (Å²) >= 11 is 11.7. The molecular weight excluding hydrogens is 299 g/mol. The lowest BCUT2D eigenvalue weighted by atomic mass is 10.3. The monoisotopic (exact) mass is 310 g/mol. The Labute approximate surface area is 126 Å². The molecule has 2 rings (SSSR count). The second-order valence-corrected chi connectivity index (χ2v) is 4.89. The van der Waals surface area contributed by atoms with Gasteiger partial charge in [-0.05, 0) is 25.1 Å². The smallest absolute Gasteiger partial charge is 0.266 e. The molecule has 0 bridgehead atoms. The van der Waals surface area contributed by atoms with Crippen molar-refractivity contribution in [3.8, 4) is 5.75 Å². The van der Waals surface area contributed by atoms with Crippen LogP contribution in [0.1, 0.15) is 6.92 Å². The number of para-hydroxylation sites is 1. The van der Waals surface area contributed by atoms with E-state index in [0.29, 0.717) is 10.8 Å². The summed E-state index contributed by atoms with van der Waals surface area (Å²) in [5, 5.41) is 3.27. The van der Waals surface area contributed by atoms with Gasteiger partial charge < -0.3 is 10.1 Å². The molecule has 1 heterocycles. The van der Waals surface area contributed by atoms with Crippen molar-refractivity contribution in [2.45, 2.75) is 13.0 Å². The second-order valence-electron chi connectivity index (χ2n) is 4.05. The molecule has 1 aromatic heterocycles. The lowest BCUT2D eigenvalue weighted by Gasteiger charge is -2.14. The Balaban J connectivity index is 2.01. The van der Waals surface area contributed by atoms with E-state index in [1.165, 1.54) is 12.3 Å². The predicted octanol–water partition coefficient (Wildman–Crippen LogP) is 3.79. The molecule has 0 saturated heterocycles. The van der Waals surface area contributed by atoms with Gasteiger partial charge in [-0.15, -0.1) is 0 Å². The van der Waals surface area contributed by atoms with Gasteiger partial charge in [0.15, 0.2) is 11.9 Å². The minimum atomic E-state index is -0.675. The highest BCUT2D eigenvalue weighted by Gasteiger charge is 2.16. The van der Waals surface area contributed by atoms with Crippen LogP contribution in [-0.2, 0) is 4.79 Å². The van der Waals surface area contributed by atoms with Gasteiger partial charge in [0.25, 0.3) is 5.91 Å². The number of anilines is 1. The maximum atomic E-state index is 12.0. The molecule has 1 atom stereocenters. The van der Waals surface area contributed by atoms with Gasteiger partial charge in [0.2, 0.25) is 0 Å². The summed E-state index contributed by atoms with van der Waals surface area (Å²) in [7, 11) is 0. The Hall–Kier alpha value is -1.78. The first-order valence-electron chi connectivity index (χ1n) is 5.90. The Morgan fingerprint density at radius 2 is 2.00 bits per heavy atom. The molecule has 0 aliphatic rings. The standard InChI is InChI=1S/C14H12Cl2N2O2/c1-9(20-11-5-3-2-4-6-11)14(19)18-13-12(16)7-10(15)8-17-13/h2-9H,1H3,(H,17,18,19). The molecule has 2 aromatic rings. The number of rotatable bonds is 4. The van der Waals surface area contributed by atoms with Crippen LogP contribution in [0, 0.1) is 0 Å². The molecule has 20 heavy (non-hydrogen) atoms. The van der Waals surface area contributed by atoms with Crippen molar-refractivity contribution in [2.75, 3.05) is 5.32 Å². The van der Waals surface area contributed by atoms with E-state index < -0.39 is 6.10 Å². The van der Waals surface area contributed by atoms with E-state index in [0.717, 1.165) is 0 Å². The molecule has 0 fully saturated rings. The van der Waals surface area contributed by atoms with E-state index in [-0.39, 0.29) is 16.7 Å². The first kappa shape index (κ1) is 14.6. The number of aromatic nitrogens is 1. The van der Waals surface area contributed by atoms with Gasteiger partial charge in [-0.2, -0.15) is 0 Å². The summed E-state index contributed by atoms with van der Waals surface area (Å²) in [4.78, 5) is 15.9. The lowest BCUT2D eigenvalue weighted by Crippen LogP contribution is -2.30. The van der Waals surface area contributed by atoms with E-state index in [4.69, 9.17) is 27.9 Å². The average molecular weight is 311 g/mol. The van der Waals surface area contributed by atoms with Gasteiger partial charge in [-0.3, -0.25) is 4.79 Å². The number of hydrogen-bond donors (Lipinski definition) is 1. The summed E-state index contributed by atoms with van der Waals surface area (Å²) in [6.07, 6.45) is 0.733. The van der Waals surface area contributed by atoms with Gasteiger partial charge in [0.1, 0.15) is 5.75 Å². The Kier molecular flexibility index (Phi) is 4.82. The molecule has 0 saturated carbocycles. The van der Waals surface area contributed by atoms with Gasteiger partial charge in [0.05, 0.1) is 10.0 Å². The van der Waals surface area contributed by atoms with Crippen LogP contribution in [0.4, 0.5) is 5.82 Å². The first-order chi connectivity index (χ1) is 9.56. The number of halogens is 2. The Morgan fingerprint density at radius 3 is 2.65 bits per heavy atom. The molecule has 4 nitrogen and oxygen atoms in total. The van der Waals surface area contributed by atoms with E-state index >= 15 is 0 Å². The molecule has 0 aliphatic heterocycles. The van der Waals surface area contributed by atoms with Crippen molar-refractivity contribution < 1.29 is 9.53 Å². The van der Waals surface area contributed by atoms with Crippen molar-refractivity contribution in [3.63, 3.8) is 0 Å². The summed E-state index contributed by atoms with van der Waals surface area (Å²) < 4.78 is 5.50. The molecule has 1 N–H and O–H groups in total. The maximum absolute atomic E-state index is 12.0. The van der Waals surface area contributed by atoms with Crippen molar-refractivity contribution >= 4 is 34.9 Å². The second kappa shape index (κ2) is 6.59. The van der Waals surface area contributed by atoms with Crippen LogP contribution in [0.5, 0.6) is 5.75 Å². The number of pyridine rings is 1. The number of benzene rings is 1. The van der Waals surface area contributed by atoms with E-state index in [9.17, 15) is 4.79 Å². The third-order valence-electron chi connectivity index (χ3n) is 2.47. The van der Waals surface area contributed by atoms with Crippen molar-refractivity contribution in [1.82, 2.24) is 4.98 Å². The third-order valence-corrected chi connectivity index (χ3v) is 2.97. The molecule has 0 spiro atoms. The normalized spacial score (nSPS) is 11.8. The number of carbonyl (C=O) groups excluding carboxylic acids is 1. The zero-order valence-electron chi connectivity index (χ0n) is 10.6. The fourth-order valence-electron chi connectivity index (χ4n) is 1.48. The quantitative estimate of drug-likeness (QED) is 0.934. The first-order valence-corrected chi connectivity index (χ1v) is 6.65. The van der Waals surface area contributed by atoms with Crippen molar-refractivity contribution in [3.05, 3.63) is 52.6 Å². The van der Waals surface area contributed by atoms with Gasteiger partial charge in [0, 0.05) is 6.20 Å². The topological polar surface area (TPSA) is 51.2 Å². The molecular formula is C14H12Cl2N2O2.